The van der Waals surface area contributed by atoms with Crippen molar-refractivity contribution in [3.63, 3.8) is 0 Å². The van der Waals surface area contributed by atoms with Crippen LogP contribution in [0.1, 0.15) is 6.23 Å². The Bertz CT molecular complexity index is 1080. The van der Waals surface area contributed by atoms with Gasteiger partial charge in [0.05, 0.1) is 26.1 Å². The summed E-state index contributed by atoms with van der Waals surface area (Å²) in [5, 5.41) is 70.6. The molecule has 3 fully saturated rings. The van der Waals surface area contributed by atoms with Crippen LogP contribution in [-0.2, 0) is 23.7 Å². The first-order valence-electron chi connectivity index (χ1n) is 11.5. The van der Waals surface area contributed by atoms with Crippen LogP contribution in [0, 0.1) is 0 Å². The Morgan fingerprint density at radius 1 is 0.757 bits per heavy atom. The lowest BCUT2D eigenvalue weighted by molar-refractivity contribution is -0.213. The summed E-state index contributed by atoms with van der Waals surface area (Å²) in [7, 11) is 0. The fourth-order valence-electron chi connectivity index (χ4n) is 4.53. The molecular formula is C20H29N5O12. The maximum absolute atomic E-state index is 10.6. The van der Waals surface area contributed by atoms with Gasteiger partial charge in [0.25, 0.3) is 0 Å². The molecule has 5 rings (SSSR count). The molecule has 2 aromatic rings. The minimum atomic E-state index is -1.49. The summed E-state index contributed by atoms with van der Waals surface area (Å²) in [6.45, 7) is -1.19. The first kappa shape index (κ1) is 26.5. The molecule has 3 aliphatic heterocycles. The summed E-state index contributed by atoms with van der Waals surface area (Å²) in [4.78, 5) is 12.1. The van der Waals surface area contributed by atoms with Crippen LogP contribution >= 0.6 is 0 Å². The van der Waals surface area contributed by atoms with E-state index in [-0.39, 0.29) is 19.0 Å². The lowest BCUT2D eigenvalue weighted by Gasteiger charge is -2.20. The Hall–Kier alpha value is -2.13. The number of aliphatic hydroxyl groups is 7. The highest BCUT2D eigenvalue weighted by atomic mass is 16.7. The molecule has 0 spiro atoms. The number of aliphatic hydroxyl groups excluding tert-OH is 7. The summed E-state index contributed by atoms with van der Waals surface area (Å²) in [5.74, 6) is 0.138. The van der Waals surface area contributed by atoms with Crippen LogP contribution in [0.2, 0.25) is 0 Å². The highest BCUT2D eigenvalue weighted by molar-refractivity contribution is 5.81. The molecule has 17 nitrogen and oxygen atoms in total. The molecule has 0 saturated carbocycles. The average Bonchev–Trinajstić information content (AvgIpc) is 3.59. The van der Waals surface area contributed by atoms with Crippen molar-refractivity contribution in [2.24, 2.45) is 0 Å². The largest absolute Gasteiger partial charge is 0.394 e. The first-order valence-corrected chi connectivity index (χ1v) is 11.5. The predicted octanol–water partition coefficient (Wildman–Crippen LogP) is -5.05. The van der Waals surface area contributed by atoms with Crippen LogP contribution in [0.15, 0.2) is 12.7 Å². The van der Waals surface area contributed by atoms with Crippen molar-refractivity contribution in [1.82, 2.24) is 19.5 Å². The van der Waals surface area contributed by atoms with E-state index in [4.69, 9.17) is 34.5 Å². The van der Waals surface area contributed by atoms with E-state index in [9.17, 15) is 30.6 Å². The highest BCUT2D eigenvalue weighted by Crippen LogP contribution is 2.33. The zero-order valence-corrected chi connectivity index (χ0v) is 19.2. The normalized spacial score (nSPS) is 42.2. The second-order valence-electron chi connectivity index (χ2n) is 9.03. The lowest BCUT2D eigenvalue weighted by atomic mass is 10.1. The van der Waals surface area contributed by atoms with Crippen molar-refractivity contribution in [3.05, 3.63) is 12.7 Å². The number of hydrogen-bond donors (Lipinski definition) is 8. The number of nitrogens with zero attached hydrogens (tertiary/aromatic N) is 4. The van der Waals surface area contributed by atoms with Crippen LogP contribution in [-0.4, -0.2) is 143 Å². The maximum Gasteiger partial charge on any atom is 0.186 e. The molecule has 2 aromatic heterocycles. The monoisotopic (exact) mass is 531 g/mol. The molecule has 3 saturated heterocycles. The molecule has 17 heteroatoms. The van der Waals surface area contributed by atoms with Crippen LogP contribution in [0.5, 0.6) is 0 Å². The Morgan fingerprint density at radius 2 is 1.32 bits per heavy atom. The number of anilines is 1. The minimum absolute atomic E-state index is 0.138. The Kier molecular flexibility index (Phi) is 7.56. The number of ether oxygens (including phenoxy) is 5. The van der Waals surface area contributed by atoms with Gasteiger partial charge in [-0.05, 0) is 0 Å². The van der Waals surface area contributed by atoms with Gasteiger partial charge in [-0.3, -0.25) is 4.57 Å². The summed E-state index contributed by atoms with van der Waals surface area (Å²) in [6, 6.07) is 0. The fourth-order valence-corrected chi connectivity index (χ4v) is 4.53. The smallest absolute Gasteiger partial charge is 0.186 e. The zero-order valence-electron chi connectivity index (χ0n) is 19.2. The Balaban J connectivity index is 1.16. The number of fused-ring (bicyclic) bond motifs is 1. The first-order chi connectivity index (χ1) is 17.7. The fraction of sp³-hybridized carbons (Fsp3) is 0.750. The Morgan fingerprint density at radius 3 is 1.95 bits per heavy atom. The van der Waals surface area contributed by atoms with Crippen molar-refractivity contribution in [1.29, 1.82) is 0 Å². The second-order valence-corrected chi connectivity index (χ2v) is 9.03. The molecule has 5 heterocycles. The molecule has 0 amide bonds. The average molecular weight is 531 g/mol. The third-order valence-electron chi connectivity index (χ3n) is 6.67. The van der Waals surface area contributed by atoms with E-state index in [2.05, 4.69) is 15.0 Å². The number of hydrogen-bond acceptors (Lipinski definition) is 16. The third kappa shape index (κ3) is 4.78. The molecule has 0 aromatic carbocycles. The summed E-state index contributed by atoms with van der Waals surface area (Å²) in [5.41, 5.74) is 6.38. The van der Waals surface area contributed by atoms with Crippen LogP contribution < -0.4 is 5.73 Å². The van der Waals surface area contributed by atoms with E-state index in [1.165, 1.54) is 17.2 Å². The topological polar surface area (TPSA) is 257 Å². The molecule has 0 bridgehead atoms. The van der Waals surface area contributed by atoms with Gasteiger partial charge < -0.3 is 65.2 Å². The molecular weight excluding hydrogens is 502 g/mol. The van der Waals surface area contributed by atoms with E-state index >= 15 is 0 Å². The summed E-state index contributed by atoms with van der Waals surface area (Å²) in [6.07, 6.45) is -12.7. The van der Waals surface area contributed by atoms with Gasteiger partial charge in [-0.25, -0.2) is 15.0 Å². The quantitative estimate of drug-likeness (QED) is 0.158. The second kappa shape index (κ2) is 10.6. The molecule has 3 aliphatic rings. The maximum atomic E-state index is 10.6. The van der Waals surface area contributed by atoms with Gasteiger partial charge >= 0.3 is 0 Å². The van der Waals surface area contributed by atoms with Crippen molar-refractivity contribution >= 4 is 17.0 Å². The highest BCUT2D eigenvalue weighted by Gasteiger charge is 2.49. The van der Waals surface area contributed by atoms with E-state index in [0.717, 1.165) is 0 Å². The van der Waals surface area contributed by atoms with Gasteiger partial charge in [-0.15, -0.1) is 0 Å². The number of nitrogen functional groups attached to an aromatic ring is 1. The SMILES string of the molecule is Nc1ncnc2c1ncn2[C@@H]1O[C@H](CO[C@@H]2O[C@H](CO[C@@H]3O[C@H](CO)[C@@H](O)[C@H]3O)[C@@H](O)[C@H]2O)[C@@H](O)[C@H]1O. The van der Waals surface area contributed by atoms with E-state index in [1.807, 2.05) is 0 Å². The number of aromatic nitrogens is 4. The van der Waals surface area contributed by atoms with Crippen molar-refractivity contribution in [2.75, 3.05) is 25.6 Å². The third-order valence-corrected chi connectivity index (χ3v) is 6.67. The molecule has 37 heavy (non-hydrogen) atoms. The van der Waals surface area contributed by atoms with Crippen LogP contribution in [0.4, 0.5) is 5.82 Å². The standard InChI is InChI=1S/C20H29N5O12/c21-16-9-17(23-4-22-16)25(5-24-9)18-13(30)11(28)7(35-18)2-33-20-15(32)12(29)8(37-20)3-34-19-14(31)10(27)6(1-26)36-19/h4-8,10-15,18-20,26-32H,1-3H2,(H2,21,22,23)/t6-,7-,8-,10-,11-,12-,13-,14-,15-,18-,19-,20-/m1/s1. The van der Waals surface area contributed by atoms with Crippen LogP contribution in [0.3, 0.4) is 0 Å². The van der Waals surface area contributed by atoms with Gasteiger partial charge in [-0.1, -0.05) is 0 Å². The van der Waals surface area contributed by atoms with Gasteiger partial charge in [0.2, 0.25) is 0 Å². The molecule has 9 N–H and O–H groups in total. The predicted molar refractivity (Wildman–Crippen MR) is 116 cm³/mol. The van der Waals surface area contributed by atoms with Crippen molar-refractivity contribution in [3.8, 4) is 0 Å². The molecule has 12 atom stereocenters. The van der Waals surface area contributed by atoms with Gasteiger partial charge in [0.1, 0.15) is 66.8 Å². The van der Waals surface area contributed by atoms with E-state index in [0.29, 0.717) is 11.2 Å². The summed E-state index contributed by atoms with van der Waals surface area (Å²) < 4.78 is 28.8. The molecule has 0 radical (unpaired) electrons. The molecule has 0 unspecified atom stereocenters. The number of nitrogens with two attached hydrogens (primary N) is 1. The minimum Gasteiger partial charge on any atom is -0.394 e. The van der Waals surface area contributed by atoms with Crippen LogP contribution in [0.25, 0.3) is 11.2 Å². The van der Waals surface area contributed by atoms with E-state index in [1.54, 1.807) is 0 Å². The van der Waals surface area contributed by atoms with Crippen molar-refractivity contribution < 1.29 is 59.4 Å². The molecule has 0 aliphatic carbocycles. The number of imidazole rings is 1. The van der Waals surface area contributed by atoms with E-state index < -0.39 is 80.4 Å². The number of rotatable bonds is 8. The summed E-state index contributed by atoms with van der Waals surface area (Å²) >= 11 is 0. The van der Waals surface area contributed by atoms with Gasteiger partial charge in [0.15, 0.2) is 30.3 Å². The zero-order chi connectivity index (χ0) is 26.4. The van der Waals surface area contributed by atoms with Gasteiger partial charge in [0, 0.05) is 0 Å². The molecule has 206 valence electrons. The Labute approximate surface area is 208 Å². The van der Waals surface area contributed by atoms with Crippen molar-refractivity contribution in [2.45, 2.75) is 73.7 Å². The lowest BCUT2D eigenvalue weighted by Crippen LogP contribution is -2.39. The van der Waals surface area contributed by atoms with Gasteiger partial charge in [-0.2, -0.15) is 0 Å².